The van der Waals surface area contributed by atoms with E-state index >= 15 is 0 Å². The molecule has 1 atom stereocenters. The lowest BCUT2D eigenvalue weighted by Gasteiger charge is -2.31. The second-order valence-corrected chi connectivity index (χ2v) is 6.19. The van der Waals surface area contributed by atoms with Crippen LogP contribution in [-0.2, 0) is 9.47 Å². The molecular weight excluding hydrogens is 294 g/mol. The van der Waals surface area contributed by atoms with Crippen molar-refractivity contribution in [2.75, 3.05) is 19.8 Å². The van der Waals surface area contributed by atoms with Crippen LogP contribution in [0.3, 0.4) is 0 Å². The normalized spacial score (nSPS) is 22.9. The monoisotopic (exact) mass is 319 g/mol. The van der Waals surface area contributed by atoms with Gasteiger partial charge in [-0.15, -0.1) is 0 Å². The molecule has 1 amide bonds. The Labute approximate surface area is 137 Å². The van der Waals surface area contributed by atoms with Gasteiger partial charge in [0.05, 0.1) is 13.2 Å². The van der Waals surface area contributed by atoms with Crippen molar-refractivity contribution >= 4 is 5.91 Å². The van der Waals surface area contributed by atoms with Gasteiger partial charge in [0, 0.05) is 24.9 Å². The number of carbonyl (C=O) groups is 1. The van der Waals surface area contributed by atoms with Crippen LogP contribution in [0.15, 0.2) is 24.3 Å². The van der Waals surface area contributed by atoms with E-state index in [-0.39, 0.29) is 17.8 Å². The van der Waals surface area contributed by atoms with Crippen LogP contribution in [0.25, 0.3) is 0 Å². The summed E-state index contributed by atoms with van der Waals surface area (Å²) in [6.45, 7) is 3.59. The lowest BCUT2D eigenvalue weighted by Crippen LogP contribution is -2.37. The fourth-order valence-corrected chi connectivity index (χ4v) is 3.25. The largest absolute Gasteiger partial charge is 0.494 e. The molecule has 1 aliphatic carbocycles. The van der Waals surface area contributed by atoms with E-state index in [0.29, 0.717) is 25.3 Å². The fraction of sp³-hybridized carbons (Fsp3) is 0.611. The molecule has 1 saturated carbocycles. The number of hydrogen-bond acceptors (Lipinski definition) is 4. The van der Waals surface area contributed by atoms with E-state index in [9.17, 15) is 4.79 Å². The molecular formula is C18H25NO4. The maximum atomic E-state index is 12.2. The number of hydrogen-bond donors (Lipinski definition) is 1. The molecule has 1 heterocycles. The number of rotatable bonds is 5. The smallest absolute Gasteiger partial charge is 0.251 e. The molecule has 2 fully saturated rings. The first-order valence-corrected chi connectivity index (χ1v) is 8.54. The number of nitrogens with one attached hydrogen (secondary N) is 1. The van der Waals surface area contributed by atoms with Gasteiger partial charge in [0.15, 0.2) is 5.79 Å². The summed E-state index contributed by atoms with van der Waals surface area (Å²) in [6, 6.07) is 7.17. The highest BCUT2D eigenvalue weighted by Gasteiger charge is 2.42. The van der Waals surface area contributed by atoms with E-state index in [4.69, 9.17) is 14.2 Å². The third-order valence-electron chi connectivity index (χ3n) is 4.45. The summed E-state index contributed by atoms with van der Waals surface area (Å²) >= 11 is 0. The molecule has 5 nitrogen and oxygen atoms in total. The van der Waals surface area contributed by atoms with Crippen molar-refractivity contribution in [2.24, 2.45) is 0 Å². The van der Waals surface area contributed by atoms with Gasteiger partial charge in [-0.05, 0) is 44.0 Å². The molecule has 0 bridgehead atoms. The first kappa shape index (κ1) is 16.3. The molecule has 1 aromatic rings. The van der Waals surface area contributed by atoms with Crippen LogP contribution in [0.1, 0.15) is 49.4 Å². The third-order valence-corrected chi connectivity index (χ3v) is 4.45. The fourth-order valence-electron chi connectivity index (χ4n) is 3.25. The van der Waals surface area contributed by atoms with Crippen LogP contribution in [0.5, 0.6) is 5.75 Å². The summed E-state index contributed by atoms with van der Waals surface area (Å²) in [5, 5.41) is 2.93. The minimum atomic E-state index is -0.382. The van der Waals surface area contributed by atoms with Crippen molar-refractivity contribution in [3.05, 3.63) is 29.8 Å². The maximum Gasteiger partial charge on any atom is 0.251 e. The Morgan fingerprint density at radius 3 is 2.70 bits per heavy atom. The zero-order valence-corrected chi connectivity index (χ0v) is 13.7. The molecule has 0 aromatic heterocycles. The number of carbonyl (C=O) groups excluding carboxylic acids is 1. The Kier molecular flexibility index (Phi) is 5.18. The Morgan fingerprint density at radius 1 is 1.26 bits per heavy atom. The molecule has 23 heavy (non-hydrogen) atoms. The molecule has 1 aliphatic heterocycles. The first-order valence-electron chi connectivity index (χ1n) is 8.54. The standard InChI is InChI=1S/C18H25NO4/c1-2-21-15-8-6-14(7-9-15)17(20)19-12-16-13-22-18(23-16)10-4-3-5-11-18/h6-9,16H,2-5,10-13H2,1H3,(H,19,20). The topological polar surface area (TPSA) is 56.8 Å². The Balaban J connectivity index is 1.47. The Hall–Kier alpha value is -1.59. The van der Waals surface area contributed by atoms with E-state index in [2.05, 4.69) is 5.32 Å². The average molecular weight is 319 g/mol. The van der Waals surface area contributed by atoms with E-state index in [0.717, 1.165) is 31.4 Å². The van der Waals surface area contributed by atoms with Crippen LogP contribution in [0.4, 0.5) is 0 Å². The Morgan fingerprint density at radius 2 is 2.00 bits per heavy atom. The van der Waals surface area contributed by atoms with Crippen molar-refractivity contribution < 1.29 is 19.0 Å². The average Bonchev–Trinajstić information content (AvgIpc) is 2.97. The van der Waals surface area contributed by atoms with Crippen LogP contribution < -0.4 is 10.1 Å². The zero-order valence-electron chi connectivity index (χ0n) is 13.7. The van der Waals surface area contributed by atoms with Gasteiger partial charge in [-0.2, -0.15) is 0 Å². The molecule has 1 aromatic carbocycles. The molecule has 3 rings (SSSR count). The van der Waals surface area contributed by atoms with Gasteiger partial charge in [-0.1, -0.05) is 6.42 Å². The van der Waals surface area contributed by atoms with Crippen molar-refractivity contribution in [1.82, 2.24) is 5.32 Å². The maximum absolute atomic E-state index is 12.2. The third kappa shape index (κ3) is 4.03. The molecule has 126 valence electrons. The van der Waals surface area contributed by atoms with Crippen molar-refractivity contribution in [3.63, 3.8) is 0 Å². The number of amides is 1. The molecule has 1 saturated heterocycles. The number of benzene rings is 1. The predicted molar refractivity (Wildman–Crippen MR) is 86.6 cm³/mol. The van der Waals surface area contributed by atoms with Gasteiger partial charge in [-0.25, -0.2) is 0 Å². The van der Waals surface area contributed by atoms with Gasteiger partial charge in [-0.3, -0.25) is 4.79 Å². The lowest BCUT2D eigenvalue weighted by molar-refractivity contribution is -0.186. The van der Waals surface area contributed by atoms with E-state index in [1.807, 2.05) is 19.1 Å². The summed E-state index contributed by atoms with van der Waals surface area (Å²) in [5.74, 6) is 0.296. The Bertz CT molecular complexity index is 522. The van der Waals surface area contributed by atoms with Crippen molar-refractivity contribution in [1.29, 1.82) is 0 Å². The lowest BCUT2D eigenvalue weighted by atomic mass is 9.94. The zero-order chi connectivity index (χ0) is 16.1. The summed E-state index contributed by atoms with van der Waals surface area (Å²) in [4.78, 5) is 12.2. The quantitative estimate of drug-likeness (QED) is 0.906. The summed E-state index contributed by atoms with van der Waals surface area (Å²) in [5.41, 5.74) is 0.625. The highest BCUT2D eigenvalue weighted by atomic mass is 16.7. The van der Waals surface area contributed by atoms with E-state index in [1.165, 1.54) is 6.42 Å². The van der Waals surface area contributed by atoms with E-state index < -0.39 is 0 Å². The minimum absolute atomic E-state index is 0.0558. The van der Waals surface area contributed by atoms with E-state index in [1.54, 1.807) is 12.1 Å². The minimum Gasteiger partial charge on any atom is -0.494 e. The first-order chi connectivity index (χ1) is 11.2. The van der Waals surface area contributed by atoms with Crippen molar-refractivity contribution in [2.45, 2.75) is 50.9 Å². The molecule has 2 aliphatic rings. The van der Waals surface area contributed by atoms with Crippen LogP contribution in [-0.4, -0.2) is 37.6 Å². The second kappa shape index (κ2) is 7.32. The SMILES string of the molecule is CCOc1ccc(C(=O)NCC2COC3(CCCCC3)O2)cc1. The van der Waals surface area contributed by atoms with Gasteiger partial charge >= 0.3 is 0 Å². The molecule has 1 unspecified atom stereocenters. The molecule has 5 heteroatoms. The van der Waals surface area contributed by atoms with Crippen LogP contribution in [0.2, 0.25) is 0 Å². The summed E-state index contributed by atoms with van der Waals surface area (Å²) < 4.78 is 17.3. The summed E-state index contributed by atoms with van der Waals surface area (Å²) in [6.07, 6.45) is 5.45. The predicted octanol–water partition coefficient (Wildman–Crippen LogP) is 2.89. The van der Waals surface area contributed by atoms with Crippen LogP contribution in [0, 0.1) is 0 Å². The van der Waals surface area contributed by atoms with Gasteiger partial charge in [0.2, 0.25) is 0 Å². The highest BCUT2D eigenvalue weighted by molar-refractivity contribution is 5.94. The van der Waals surface area contributed by atoms with Gasteiger partial charge in [0.25, 0.3) is 5.91 Å². The molecule has 0 radical (unpaired) electrons. The summed E-state index contributed by atoms with van der Waals surface area (Å²) in [7, 11) is 0. The van der Waals surface area contributed by atoms with Crippen LogP contribution >= 0.6 is 0 Å². The highest BCUT2D eigenvalue weighted by Crippen LogP contribution is 2.37. The van der Waals surface area contributed by atoms with Gasteiger partial charge in [0.1, 0.15) is 11.9 Å². The molecule has 1 N–H and O–H groups in total. The van der Waals surface area contributed by atoms with Crippen molar-refractivity contribution in [3.8, 4) is 5.75 Å². The van der Waals surface area contributed by atoms with Gasteiger partial charge < -0.3 is 19.5 Å². The second-order valence-electron chi connectivity index (χ2n) is 6.19. The molecule has 1 spiro atoms. The number of ether oxygens (including phenoxy) is 3.